The summed E-state index contributed by atoms with van der Waals surface area (Å²) in [6.45, 7) is 3.31. The standard InChI is InChI=1S/C17H27N3O4S/c1-13-7-5-6-10-20(13)12-17(21)18-15-11-14(8-9-16(15)24-4)25(22,23)19(2)3/h8-9,11,13H,5-7,10,12H2,1-4H3,(H,18,21)/t13-/m1/s1. The van der Waals surface area contributed by atoms with Gasteiger partial charge in [-0.25, -0.2) is 12.7 Å². The molecule has 1 N–H and O–H groups in total. The van der Waals surface area contributed by atoms with E-state index in [0.29, 0.717) is 17.5 Å². The summed E-state index contributed by atoms with van der Waals surface area (Å²) in [5.74, 6) is 0.254. The van der Waals surface area contributed by atoms with Crippen molar-refractivity contribution in [1.82, 2.24) is 9.21 Å². The Bertz CT molecular complexity index is 719. The molecule has 140 valence electrons. The van der Waals surface area contributed by atoms with E-state index in [0.717, 1.165) is 23.7 Å². The van der Waals surface area contributed by atoms with Crippen molar-refractivity contribution in [3.63, 3.8) is 0 Å². The van der Waals surface area contributed by atoms with Gasteiger partial charge in [-0.05, 0) is 44.5 Å². The Hall–Kier alpha value is -1.64. The smallest absolute Gasteiger partial charge is 0.242 e. The second-order valence-electron chi connectivity index (χ2n) is 6.51. The lowest BCUT2D eigenvalue weighted by molar-refractivity contribution is -0.118. The number of nitrogens with zero attached hydrogens (tertiary/aromatic N) is 2. The molecule has 8 heteroatoms. The SMILES string of the molecule is COc1ccc(S(=O)(=O)N(C)C)cc1NC(=O)CN1CCCC[C@H]1C. The normalized spacial score (nSPS) is 19.0. The van der Waals surface area contributed by atoms with Crippen molar-refractivity contribution in [3.8, 4) is 5.75 Å². The highest BCUT2D eigenvalue weighted by Gasteiger charge is 2.22. The van der Waals surface area contributed by atoms with Crippen LogP contribution < -0.4 is 10.1 Å². The van der Waals surface area contributed by atoms with Gasteiger partial charge in [-0.3, -0.25) is 9.69 Å². The second-order valence-corrected chi connectivity index (χ2v) is 8.66. The fraction of sp³-hybridized carbons (Fsp3) is 0.588. The van der Waals surface area contributed by atoms with Gasteiger partial charge in [0.25, 0.3) is 0 Å². The summed E-state index contributed by atoms with van der Waals surface area (Å²) in [4.78, 5) is 14.7. The molecule has 7 nitrogen and oxygen atoms in total. The van der Waals surface area contributed by atoms with Crippen LogP contribution in [0, 0.1) is 0 Å². The Morgan fingerprint density at radius 1 is 1.36 bits per heavy atom. The maximum atomic E-state index is 12.4. The summed E-state index contributed by atoms with van der Waals surface area (Å²) < 4.78 is 31.0. The zero-order chi connectivity index (χ0) is 18.6. The van der Waals surface area contributed by atoms with E-state index < -0.39 is 10.0 Å². The molecule has 0 bridgehead atoms. The summed E-state index contributed by atoms with van der Waals surface area (Å²) >= 11 is 0. The molecule has 1 fully saturated rings. The van der Waals surface area contributed by atoms with Gasteiger partial charge in [0.2, 0.25) is 15.9 Å². The molecule has 1 saturated heterocycles. The van der Waals surface area contributed by atoms with Crippen molar-refractivity contribution in [1.29, 1.82) is 0 Å². The van der Waals surface area contributed by atoms with Crippen LogP contribution in [0.4, 0.5) is 5.69 Å². The number of likely N-dealkylation sites (tertiary alicyclic amines) is 1. The summed E-state index contributed by atoms with van der Waals surface area (Å²) in [7, 11) is 0.840. The lowest BCUT2D eigenvalue weighted by Crippen LogP contribution is -2.42. The predicted octanol–water partition coefficient (Wildman–Crippen LogP) is 1.76. The van der Waals surface area contributed by atoms with Crippen molar-refractivity contribution in [2.75, 3.05) is 39.6 Å². The van der Waals surface area contributed by atoms with E-state index in [4.69, 9.17) is 4.74 Å². The first-order valence-corrected chi connectivity index (χ1v) is 9.84. The number of benzene rings is 1. The maximum absolute atomic E-state index is 12.4. The van der Waals surface area contributed by atoms with Crippen LogP contribution in [-0.2, 0) is 14.8 Å². The van der Waals surface area contributed by atoms with Crippen LogP contribution >= 0.6 is 0 Å². The molecule has 1 heterocycles. The van der Waals surface area contributed by atoms with Gasteiger partial charge in [0.15, 0.2) is 0 Å². The minimum Gasteiger partial charge on any atom is -0.495 e. The van der Waals surface area contributed by atoms with Gasteiger partial charge in [0.1, 0.15) is 5.75 Å². The first kappa shape index (κ1) is 19.7. The van der Waals surface area contributed by atoms with Crippen LogP contribution in [0.1, 0.15) is 26.2 Å². The molecule has 1 aliphatic rings. The topological polar surface area (TPSA) is 79.0 Å². The van der Waals surface area contributed by atoms with E-state index in [-0.39, 0.29) is 17.3 Å². The lowest BCUT2D eigenvalue weighted by Gasteiger charge is -2.32. The van der Waals surface area contributed by atoms with E-state index in [1.54, 1.807) is 6.07 Å². The zero-order valence-corrected chi connectivity index (χ0v) is 16.1. The fourth-order valence-electron chi connectivity index (χ4n) is 2.92. The number of rotatable bonds is 6. The molecule has 0 aromatic heterocycles. The summed E-state index contributed by atoms with van der Waals surface area (Å²) in [6, 6.07) is 4.83. The van der Waals surface area contributed by atoms with Gasteiger partial charge in [0, 0.05) is 20.1 Å². The van der Waals surface area contributed by atoms with Gasteiger partial charge in [-0.1, -0.05) is 6.42 Å². The van der Waals surface area contributed by atoms with E-state index >= 15 is 0 Å². The lowest BCUT2D eigenvalue weighted by atomic mass is 10.0. The van der Waals surface area contributed by atoms with Crippen LogP contribution in [0.3, 0.4) is 0 Å². The van der Waals surface area contributed by atoms with E-state index in [2.05, 4.69) is 17.1 Å². The number of methoxy groups -OCH3 is 1. The number of piperidine rings is 1. The molecule has 1 amide bonds. The number of amides is 1. The molecule has 0 unspecified atom stereocenters. The first-order valence-electron chi connectivity index (χ1n) is 8.40. The molecule has 1 atom stereocenters. The number of carbonyl (C=O) groups excluding carboxylic acids is 1. The molecule has 0 radical (unpaired) electrons. The minimum absolute atomic E-state index is 0.111. The quantitative estimate of drug-likeness (QED) is 0.827. The van der Waals surface area contributed by atoms with E-state index in [1.807, 2.05) is 0 Å². The molecular formula is C17H27N3O4S. The molecule has 0 aliphatic carbocycles. The molecule has 0 spiro atoms. The molecule has 1 aromatic carbocycles. The van der Waals surface area contributed by atoms with Crippen molar-refractivity contribution in [2.45, 2.75) is 37.1 Å². The van der Waals surface area contributed by atoms with Crippen LogP contribution in [0.2, 0.25) is 0 Å². The highest BCUT2D eigenvalue weighted by Crippen LogP contribution is 2.28. The Labute approximate surface area is 150 Å². The zero-order valence-electron chi connectivity index (χ0n) is 15.3. The van der Waals surface area contributed by atoms with Gasteiger partial charge >= 0.3 is 0 Å². The Morgan fingerprint density at radius 2 is 2.08 bits per heavy atom. The Morgan fingerprint density at radius 3 is 2.68 bits per heavy atom. The van der Waals surface area contributed by atoms with Crippen molar-refractivity contribution >= 4 is 21.6 Å². The first-order chi connectivity index (χ1) is 11.8. The Balaban J connectivity index is 2.18. The number of nitrogens with one attached hydrogen (secondary N) is 1. The van der Waals surface area contributed by atoms with E-state index in [1.165, 1.54) is 39.8 Å². The summed E-state index contributed by atoms with van der Waals surface area (Å²) in [5.41, 5.74) is 0.361. The molecule has 0 saturated carbocycles. The molecule has 1 aliphatic heterocycles. The fourth-order valence-corrected chi connectivity index (χ4v) is 3.85. The number of ether oxygens (including phenoxy) is 1. The average molecular weight is 369 g/mol. The molecule has 25 heavy (non-hydrogen) atoms. The molecule has 1 aromatic rings. The highest BCUT2D eigenvalue weighted by atomic mass is 32.2. The van der Waals surface area contributed by atoms with Crippen LogP contribution in [0.25, 0.3) is 0 Å². The molecular weight excluding hydrogens is 342 g/mol. The van der Waals surface area contributed by atoms with Crippen LogP contribution in [0.15, 0.2) is 23.1 Å². The van der Waals surface area contributed by atoms with Crippen molar-refractivity contribution in [3.05, 3.63) is 18.2 Å². The maximum Gasteiger partial charge on any atom is 0.242 e. The average Bonchev–Trinajstić information content (AvgIpc) is 2.56. The monoisotopic (exact) mass is 369 g/mol. The van der Waals surface area contributed by atoms with Crippen molar-refractivity contribution in [2.24, 2.45) is 0 Å². The van der Waals surface area contributed by atoms with Gasteiger partial charge in [0.05, 0.1) is 24.2 Å². The molecule has 2 rings (SSSR count). The number of anilines is 1. The summed E-state index contributed by atoms with van der Waals surface area (Å²) in [6.07, 6.45) is 3.38. The third-order valence-corrected chi connectivity index (χ3v) is 6.32. The van der Waals surface area contributed by atoms with E-state index in [9.17, 15) is 13.2 Å². The third-order valence-electron chi connectivity index (χ3n) is 4.51. The number of carbonyl (C=O) groups is 1. The van der Waals surface area contributed by atoms with Gasteiger partial charge in [-0.15, -0.1) is 0 Å². The minimum atomic E-state index is -3.58. The van der Waals surface area contributed by atoms with Crippen molar-refractivity contribution < 1.29 is 17.9 Å². The summed E-state index contributed by atoms with van der Waals surface area (Å²) in [5, 5.41) is 2.79. The van der Waals surface area contributed by atoms with Crippen LogP contribution in [-0.4, -0.2) is 63.9 Å². The number of hydrogen-bond acceptors (Lipinski definition) is 5. The second kappa shape index (κ2) is 8.16. The Kier molecular flexibility index (Phi) is 6.42. The van der Waals surface area contributed by atoms with Crippen LogP contribution in [0.5, 0.6) is 5.75 Å². The third kappa shape index (κ3) is 4.71. The predicted molar refractivity (Wildman–Crippen MR) is 97.4 cm³/mol. The number of sulfonamides is 1. The largest absolute Gasteiger partial charge is 0.495 e. The van der Waals surface area contributed by atoms with Gasteiger partial charge in [-0.2, -0.15) is 0 Å². The van der Waals surface area contributed by atoms with Gasteiger partial charge < -0.3 is 10.1 Å². The highest BCUT2D eigenvalue weighted by molar-refractivity contribution is 7.89. The number of hydrogen-bond donors (Lipinski definition) is 1.